The van der Waals surface area contributed by atoms with E-state index in [1.165, 1.54) is 12.1 Å². The van der Waals surface area contributed by atoms with Crippen LogP contribution in [-0.2, 0) is 4.79 Å². The van der Waals surface area contributed by atoms with Crippen molar-refractivity contribution in [2.24, 2.45) is 0 Å². The Bertz CT molecular complexity index is 1280. The monoisotopic (exact) mass is 474 g/mol. The summed E-state index contributed by atoms with van der Waals surface area (Å²) in [7, 11) is 4.73. The predicted molar refractivity (Wildman–Crippen MR) is 133 cm³/mol. The number of hydrogen-bond acceptors (Lipinski definition) is 6. The number of ether oxygens (including phenoxy) is 3. The maximum atomic E-state index is 13.7. The van der Waals surface area contributed by atoms with Crippen molar-refractivity contribution in [3.8, 4) is 17.2 Å². The van der Waals surface area contributed by atoms with E-state index in [1.54, 1.807) is 33.5 Å². The van der Waals surface area contributed by atoms with Gasteiger partial charge in [-0.3, -0.25) is 4.79 Å². The van der Waals surface area contributed by atoms with E-state index in [0.717, 1.165) is 28.2 Å². The summed E-state index contributed by atoms with van der Waals surface area (Å²) >= 11 is 0. The molecule has 3 aromatic carbocycles. The minimum absolute atomic E-state index is 0.0344. The standard InChI is InChI=1S/C28H27FN2O4/c1-33-24-14-18(15-25(34-2)28(24)35-3)17-12-22-26(23(32)13-17)27(16-8-10-19(29)11-9-16)31-21-7-5-4-6-20(21)30-22/h4-11,14-15,17,27,30-31H,12-13H2,1-3H3. The first-order valence-corrected chi connectivity index (χ1v) is 11.5. The number of hydrogen-bond donors (Lipinski definition) is 2. The number of benzene rings is 3. The Hall–Kier alpha value is -4.00. The van der Waals surface area contributed by atoms with Gasteiger partial charge in [-0.25, -0.2) is 4.39 Å². The lowest BCUT2D eigenvalue weighted by atomic mass is 9.78. The van der Waals surface area contributed by atoms with Crippen LogP contribution in [0.1, 0.15) is 35.9 Å². The SMILES string of the molecule is COc1cc(C2CC(=O)C3=C(C2)Nc2ccccc2NC3c2ccc(F)cc2)cc(OC)c1OC. The van der Waals surface area contributed by atoms with E-state index >= 15 is 0 Å². The minimum atomic E-state index is -0.393. The third kappa shape index (κ3) is 4.18. The molecule has 0 amide bonds. The number of methoxy groups -OCH3 is 3. The Morgan fingerprint density at radius 2 is 1.49 bits per heavy atom. The van der Waals surface area contributed by atoms with Gasteiger partial charge in [0.15, 0.2) is 17.3 Å². The molecule has 1 heterocycles. The number of Topliss-reactive ketones (excluding diaryl/α,β-unsaturated/α-hetero) is 1. The molecule has 0 fully saturated rings. The summed E-state index contributed by atoms with van der Waals surface area (Å²) < 4.78 is 30.2. The zero-order valence-electron chi connectivity index (χ0n) is 19.9. The molecule has 2 atom stereocenters. The lowest BCUT2D eigenvalue weighted by molar-refractivity contribution is -0.116. The van der Waals surface area contributed by atoms with Gasteiger partial charge in [-0.1, -0.05) is 24.3 Å². The molecule has 5 rings (SSSR count). The highest BCUT2D eigenvalue weighted by molar-refractivity contribution is 6.01. The molecule has 2 N–H and O–H groups in total. The first kappa shape index (κ1) is 22.8. The molecule has 35 heavy (non-hydrogen) atoms. The fraction of sp³-hybridized carbons (Fsp3) is 0.250. The van der Waals surface area contributed by atoms with Gasteiger partial charge in [0.1, 0.15) is 5.82 Å². The molecule has 0 saturated carbocycles. The fourth-order valence-electron chi connectivity index (χ4n) is 4.97. The number of anilines is 2. The van der Waals surface area contributed by atoms with Crippen LogP contribution < -0.4 is 24.8 Å². The van der Waals surface area contributed by atoms with Crippen LogP contribution in [-0.4, -0.2) is 27.1 Å². The number of fused-ring (bicyclic) bond motifs is 1. The number of carbonyl (C=O) groups is 1. The van der Waals surface area contributed by atoms with Gasteiger partial charge in [0, 0.05) is 17.7 Å². The van der Waals surface area contributed by atoms with Gasteiger partial charge < -0.3 is 24.8 Å². The first-order valence-electron chi connectivity index (χ1n) is 11.5. The number of carbonyl (C=O) groups excluding carboxylic acids is 1. The zero-order valence-corrected chi connectivity index (χ0v) is 19.9. The molecule has 0 saturated heterocycles. The Balaban J connectivity index is 1.59. The topological polar surface area (TPSA) is 68.8 Å². The van der Waals surface area contributed by atoms with Gasteiger partial charge in [-0.05, 0) is 59.9 Å². The zero-order chi connectivity index (χ0) is 24.5. The van der Waals surface area contributed by atoms with Crippen molar-refractivity contribution in [3.05, 3.63) is 88.9 Å². The highest BCUT2D eigenvalue weighted by Crippen LogP contribution is 2.47. The smallest absolute Gasteiger partial charge is 0.203 e. The van der Waals surface area contributed by atoms with Crippen LogP contribution >= 0.6 is 0 Å². The van der Waals surface area contributed by atoms with Crippen LogP contribution in [0.4, 0.5) is 15.8 Å². The average Bonchev–Trinajstić information content (AvgIpc) is 3.05. The van der Waals surface area contributed by atoms with Crippen molar-refractivity contribution in [1.29, 1.82) is 0 Å². The Labute approximate surface area is 203 Å². The molecule has 1 aliphatic heterocycles. The quantitative estimate of drug-likeness (QED) is 0.485. The van der Waals surface area contributed by atoms with Gasteiger partial charge in [0.05, 0.1) is 38.7 Å². The predicted octanol–water partition coefficient (Wildman–Crippen LogP) is 5.83. The highest BCUT2D eigenvalue weighted by atomic mass is 19.1. The molecule has 2 unspecified atom stereocenters. The maximum absolute atomic E-state index is 13.7. The molecule has 0 aromatic heterocycles. The van der Waals surface area contributed by atoms with Crippen molar-refractivity contribution < 1.29 is 23.4 Å². The van der Waals surface area contributed by atoms with E-state index in [0.29, 0.717) is 35.7 Å². The van der Waals surface area contributed by atoms with Crippen LogP contribution in [0, 0.1) is 5.82 Å². The molecule has 0 bridgehead atoms. The average molecular weight is 475 g/mol. The Morgan fingerprint density at radius 3 is 2.11 bits per heavy atom. The number of nitrogens with one attached hydrogen (secondary N) is 2. The molecule has 0 radical (unpaired) electrons. The van der Waals surface area contributed by atoms with Gasteiger partial charge in [-0.15, -0.1) is 0 Å². The first-order chi connectivity index (χ1) is 17.0. The van der Waals surface area contributed by atoms with Crippen LogP contribution in [0.2, 0.25) is 0 Å². The third-order valence-electron chi connectivity index (χ3n) is 6.67. The summed E-state index contributed by atoms with van der Waals surface area (Å²) in [5.74, 6) is 1.27. The summed E-state index contributed by atoms with van der Waals surface area (Å²) in [5, 5.41) is 7.03. The summed E-state index contributed by atoms with van der Waals surface area (Å²) in [4.78, 5) is 13.7. The molecule has 3 aromatic rings. The minimum Gasteiger partial charge on any atom is -0.493 e. The van der Waals surface area contributed by atoms with Gasteiger partial charge in [0.2, 0.25) is 5.75 Å². The number of halogens is 1. The van der Waals surface area contributed by atoms with Crippen LogP contribution in [0.5, 0.6) is 17.2 Å². The van der Waals surface area contributed by atoms with Gasteiger partial charge in [0.25, 0.3) is 0 Å². The molecular weight excluding hydrogens is 447 g/mol. The third-order valence-corrected chi connectivity index (χ3v) is 6.67. The van der Waals surface area contributed by atoms with E-state index in [9.17, 15) is 9.18 Å². The number of allylic oxidation sites excluding steroid dienone is 1. The van der Waals surface area contributed by atoms with Crippen molar-refractivity contribution in [3.63, 3.8) is 0 Å². The normalized spacial score (nSPS) is 19.0. The number of para-hydroxylation sites is 2. The van der Waals surface area contributed by atoms with Crippen molar-refractivity contribution >= 4 is 17.2 Å². The van der Waals surface area contributed by atoms with Gasteiger partial charge in [-0.2, -0.15) is 0 Å². The largest absolute Gasteiger partial charge is 0.493 e. The van der Waals surface area contributed by atoms with Crippen molar-refractivity contribution in [2.45, 2.75) is 24.8 Å². The van der Waals surface area contributed by atoms with Crippen molar-refractivity contribution in [1.82, 2.24) is 0 Å². The van der Waals surface area contributed by atoms with Crippen LogP contribution in [0.15, 0.2) is 71.9 Å². The molecule has 6 nitrogen and oxygen atoms in total. The molecule has 7 heteroatoms. The summed E-state index contributed by atoms with van der Waals surface area (Å²) in [5.41, 5.74) is 5.07. The van der Waals surface area contributed by atoms with Crippen LogP contribution in [0.3, 0.4) is 0 Å². The van der Waals surface area contributed by atoms with E-state index in [4.69, 9.17) is 14.2 Å². The summed E-state index contributed by atoms with van der Waals surface area (Å²) in [6.07, 6.45) is 0.947. The van der Waals surface area contributed by atoms with E-state index < -0.39 is 6.04 Å². The van der Waals surface area contributed by atoms with Gasteiger partial charge >= 0.3 is 0 Å². The molecule has 180 valence electrons. The number of rotatable bonds is 5. The van der Waals surface area contributed by atoms with E-state index in [1.807, 2.05) is 36.4 Å². The Kier molecular flexibility index (Phi) is 6.07. The second-order valence-corrected chi connectivity index (χ2v) is 8.68. The molecule has 0 spiro atoms. The van der Waals surface area contributed by atoms with E-state index in [2.05, 4.69) is 10.6 Å². The van der Waals surface area contributed by atoms with E-state index in [-0.39, 0.29) is 17.5 Å². The lowest BCUT2D eigenvalue weighted by Crippen LogP contribution is -2.27. The Morgan fingerprint density at radius 1 is 0.829 bits per heavy atom. The molecule has 1 aliphatic carbocycles. The molecular formula is C28H27FN2O4. The fourth-order valence-corrected chi connectivity index (χ4v) is 4.97. The second kappa shape index (κ2) is 9.33. The molecule has 2 aliphatic rings. The summed E-state index contributed by atoms with van der Waals surface area (Å²) in [6, 6.07) is 17.6. The summed E-state index contributed by atoms with van der Waals surface area (Å²) in [6.45, 7) is 0. The highest BCUT2D eigenvalue weighted by Gasteiger charge is 2.36. The second-order valence-electron chi connectivity index (χ2n) is 8.68. The maximum Gasteiger partial charge on any atom is 0.203 e. The van der Waals surface area contributed by atoms with Crippen molar-refractivity contribution in [2.75, 3.05) is 32.0 Å². The van der Waals surface area contributed by atoms with Crippen LogP contribution in [0.25, 0.3) is 0 Å². The lowest BCUT2D eigenvalue weighted by Gasteiger charge is -2.30. The number of ketones is 1.